The average molecular weight is 254 g/mol. The molecule has 1 aliphatic rings. The third kappa shape index (κ3) is 4.89. The first kappa shape index (κ1) is 16.0. The van der Waals surface area contributed by atoms with Gasteiger partial charge in [0.15, 0.2) is 0 Å². The molecule has 1 aliphatic carbocycles. The van der Waals surface area contributed by atoms with Crippen molar-refractivity contribution in [3.8, 4) is 0 Å². The van der Waals surface area contributed by atoms with E-state index in [1.54, 1.807) is 0 Å². The number of nitrogens with one attached hydrogen (secondary N) is 1. The van der Waals surface area contributed by atoms with Crippen LogP contribution in [0.15, 0.2) is 0 Å². The summed E-state index contributed by atoms with van der Waals surface area (Å²) in [4.78, 5) is 2.69. The first-order valence-corrected chi connectivity index (χ1v) is 8.20. The molecule has 0 aliphatic heterocycles. The Balaban J connectivity index is 2.41. The second kappa shape index (κ2) is 8.92. The molecule has 0 amide bonds. The molecule has 2 atom stereocenters. The summed E-state index contributed by atoms with van der Waals surface area (Å²) in [7, 11) is 0. The van der Waals surface area contributed by atoms with Crippen molar-refractivity contribution in [3.63, 3.8) is 0 Å². The first-order valence-electron chi connectivity index (χ1n) is 8.20. The van der Waals surface area contributed by atoms with Crippen molar-refractivity contribution in [1.82, 2.24) is 10.2 Å². The van der Waals surface area contributed by atoms with Crippen LogP contribution < -0.4 is 5.32 Å². The van der Waals surface area contributed by atoms with Gasteiger partial charge in [0.2, 0.25) is 0 Å². The molecule has 0 saturated heterocycles. The molecule has 0 aromatic heterocycles. The predicted molar refractivity (Wildman–Crippen MR) is 81.0 cm³/mol. The summed E-state index contributed by atoms with van der Waals surface area (Å²) < 4.78 is 0. The van der Waals surface area contributed by atoms with Crippen LogP contribution in [0.4, 0.5) is 0 Å². The summed E-state index contributed by atoms with van der Waals surface area (Å²) in [5, 5.41) is 3.68. The van der Waals surface area contributed by atoms with Gasteiger partial charge in [0, 0.05) is 19.1 Å². The summed E-state index contributed by atoms with van der Waals surface area (Å²) in [6, 6.07) is 0.783. The van der Waals surface area contributed by atoms with Gasteiger partial charge in [-0.1, -0.05) is 47.0 Å². The highest BCUT2D eigenvalue weighted by atomic mass is 15.1. The van der Waals surface area contributed by atoms with Crippen LogP contribution in [0.1, 0.15) is 59.8 Å². The molecule has 0 spiro atoms. The maximum absolute atomic E-state index is 3.68. The van der Waals surface area contributed by atoms with Crippen LogP contribution in [-0.2, 0) is 0 Å². The molecule has 108 valence electrons. The monoisotopic (exact) mass is 254 g/mol. The summed E-state index contributed by atoms with van der Waals surface area (Å²) in [5.74, 6) is 1.78. The fourth-order valence-electron chi connectivity index (χ4n) is 3.36. The fourth-order valence-corrected chi connectivity index (χ4v) is 3.36. The van der Waals surface area contributed by atoms with Crippen LogP contribution in [-0.4, -0.2) is 37.1 Å². The van der Waals surface area contributed by atoms with E-state index in [9.17, 15) is 0 Å². The SMILES string of the molecule is CCNC1CCCC1CN(CC)CC(CC)CC. The Morgan fingerprint density at radius 3 is 2.39 bits per heavy atom. The maximum Gasteiger partial charge on any atom is 0.0107 e. The molecule has 1 saturated carbocycles. The van der Waals surface area contributed by atoms with E-state index in [2.05, 4.69) is 37.9 Å². The zero-order valence-electron chi connectivity index (χ0n) is 13.0. The highest BCUT2D eigenvalue weighted by Crippen LogP contribution is 2.27. The Morgan fingerprint density at radius 2 is 1.83 bits per heavy atom. The molecule has 0 bridgehead atoms. The van der Waals surface area contributed by atoms with E-state index < -0.39 is 0 Å². The van der Waals surface area contributed by atoms with Gasteiger partial charge in [0.25, 0.3) is 0 Å². The lowest BCUT2D eigenvalue weighted by molar-refractivity contribution is 0.189. The van der Waals surface area contributed by atoms with E-state index in [1.807, 2.05) is 0 Å². The van der Waals surface area contributed by atoms with E-state index in [4.69, 9.17) is 0 Å². The molecule has 1 fully saturated rings. The van der Waals surface area contributed by atoms with Gasteiger partial charge in [0.1, 0.15) is 0 Å². The molecule has 2 nitrogen and oxygen atoms in total. The zero-order valence-corrected chi connectivity index (χ0v) is 13.0. The highest BCUT2D eigenvalue weighted by molar-refractivity contribution is 4.85. The fraction of sp³-hybridized carbons (Fsp3) is 1.00. The zero-order chi connectivity index (χ0) is 13.4. The molecule has 18 heavy (non-hydrogen) atoms. The van der Waals surface area contributed by atoms with Crippen molar-refractivity contribution in [2.24, 2.45) is 11.8 Å². The molecule has 1 N–H and O–H groups in total. The van der Waals surface area contributed by atoms with E-state index in [0.717, 1.165) is 24.4 Å². The Labute approximate surface area is 115 Å². The van der Waals surface area contributed by atoms with Crippen LogP contribution in [0.5, 0.6) is 0 Å². The lowest BCUT2D eigenvalue weighted by Crippen LogP contribution is -2.40. The summed E-state index contributed by atoms with van der Waals surface area (Å²) >= 11 is 0. The van der Waals surface area contributed by atoms with Gasteiger partial charge in [-0.15, -0.1) is 0 Å². The second-order valence-corrected chi connectivity index (χ2v) is 5.89. The van der Waals surface area contributed by atoms with Gasteiger partial charge >= 0.3 is 0 Å². The van der Waals surface area contributed by atoms with E-state index >= 15 is 0 Å². The minimum atomic E-state index is 0.783. The van der Waals surface area contributed by atoms with Crippen LogP contribution in [0.2, 0.25) is 0 Å². The van der Waals surface area contributed by atoms with Gasteiger partial charge in [-0.05, 0) is 37.8 Å². The number of rotatable bonds is 9. The topological polar surface area (TPSA) is 15.3 Å². The van der Waals surface area contributed by atoms with Gasteiger partial charge in [-0.3, -0.25) is 0 Å². The molecule has 2 heteroatoms. The molecular weight excluding hydrogens is 220 g/mol. The lowest BCUT2D eigenvalue weighted by Gasteiger charge is -2.30. The van der Waals surface area contributed by atoms with Gasteiger partial charge in [0.05, 0.1) is 0 Å². The number of hydrogen-bond donors (Lipinski definition) is 1. The summed E-state index contributed by atoms with van der Waals surface area (Å²) in [6.45, 7) is 14.2. The largest absolute Gasteiger partial charge is 0.314 e. The molecule has 0 heterocycles. The third-order valence-corrected chi connectivity index (χ3v) is 4.74. The predicted octanol–water partition coefficient (Wildman–Crippen LogP) is 3.52. The van der Waals surface area contributed by atoms with Crippen molar-refractivity contribution >= 4 is 0 Å². The van der Waals surface area contributed by atoms with Crippen molar-refractivity contribution < 1.29 is 0 Å². The van der Waals surface area contributed by atoms with Crippen LogP contribution in [0.25, 0.3) is 0 Å². The van der Waals surface area contributed by atoms with Crippen LogP contribution >= 0.6 is 0 Å². The van der Waals surface area contributed by atoms with Gasteiger partial charge in [-0.25, -0.2) is 0 Å². The molecule has 0 aromatic rings. The van der Waals surface area contributed by atoms with Crippen molar-refractivity contribution in [1.29, 1.82) is 0 Å². The quantitative estimate of drug-likeness (QED) is 0.677. The minimum absolute atomic E-state index is 0.783. The Morgan fingerprint density at radius 1 is 1.11 bits per heavy atom. The number of nitrogens with zero attached hydrogens (tertiary/aromatic N) is 1. The summed E-state index contributed by atoms with van der Waals surface area (Å²) in [6.07, 6.45) is 6.89. The molecule has 2 unspecified atom stereocenters. The van der Waals surface area contributed by atoms with Crippen molar-refractivity contribution in [2.45, 2.75) is 65.8 Å². The smallest absolute Gasteiger partial charge is 0.0107 e. The van der Waals surface area contributed by atoms with Crippen LogP contribution in [0, 0.1) is 11.8 Å². The highest BCUT2D eigenvalue weighted by Gasteiger charge is 2.28. The van der Waals surface area contributed by atoms with Crippen molar-refractivity contribution in [3.05, 3.63) is 0 Å². The Kier molecular flexibility index (Phi) is 7.92. The molecular formula is C16H34N2. The second-order valence-electron chi connectivity index (χ2n) is 5.89. The number of hydrogen-bond acceptors (Lipinski definition) is 2. The molecule has 0 aromatic carbocycles. The average Bonchev–Trinajstić information content (AvgIpc) is 2.82. The van der Waals surface area contributed by atoms with Crippen molar-refractivity contribution in [2.75, 3.05) is 26.2 Å². The normalized spacial score (nSPS) is 24.3. The molecule has 1 rings (SSSR count). The Hall–Kier alpha value is -0.0800. The maximum atomic E-state index is 3.68. The van der Waals surface area contributed by atoms with Gasteiger partial charge < -0.3 is 10.2 Å². The van der Waals surface area contributed by atoms with Gasteiger partial charge in [-0.2, -0.15) is 0 Å². The lowest BCUT2D eigenvalue weighted by atomic mass is 9.99. The van der Waals surface area contributed by atoms with E-state index in [1.165, 1.54) is 51.7 Å². The Bertz CT molecular complexity index is 201. The standard InChI is InChI=1S/C16H34N2/c1-5-14(6-2)12-18(8-4)13-15-10-9-11-16(15)17-7-3/h14-17H,5-13H2,1-4H3. The molecule has 0 radical (unpaired) electrons. The minimum Gasteiger partial charge on any atom is -0.314 e. The first-order chi connectivity index (χ1) is 8.74. The van der Waals surface area contributed by atoms with Crippen LogP contribution in [0.3, 0.4) is 0 Å². The van der Waals surface area contributed by atoms with E-state index in [-0.39, 0.29) is 0 Å². The summed E-state index contributed by atoms with van der Waals surface area (Å²) in [5.41, 5.74) is 0. The van der Waals surface area contributed by atoms with E-state index in [0.29, 0.717) is 0 Å². The third-order valence-electron chi connectivity index (χ3n) is 4.74.